The number of carbonyl (C=O) groups is 1. The van der Waals surface area contributed by atoms with Crippen molar-refractivity contribution >= 4 is 29.0 Å². The molecule has 0 fully saturated rings. The Labute approximate surface area is 197 Å². The first-order valence-electron chi connectivity index (χ1n) is 10.4. The third kappa shape index (κ3) is 5.11. The number of hydrogen-bond acceptors (Lipinski definition) is 5. The third-order valence-electron chi connectivity index (χ3n) is 5.01. The number of nitrogens with zero attached hydrogens (tertiary/aromatic N) is 4. The van der Waals surface area contributed by atoms with Crippen LogP contribution in [0.3, 0.4) is 0 Å². The lowest BCUT2D eigenvalue weighted by Crippen LogP contribution is -2.23. The van der Waals surface area contributed by atoms with Gasteiger partial charge in [0, 0.05) is 36.5 Å². The van der Waals surface area contributed by atoms with Crippen molar-refractivity contribution in [1.29, 1.82) is 0 Å². The summed E-state index contributed by atoms with van der Waals surface area (Å²) in [6, 6.07) is 16.9. The summed E-state index contributed by atoms with van der Waals surface area (Å²) in [6.45, 7) is 4.24. The molecule has 0 aliphatic heterocycles. The second kappa shape index (κ2) is 9.71. The lowest BCUT2D eigenvalue weighted by Gasteiger charge is -2.13. The number of carbonyl (C=O) groups excluding carboxylic acids is 1. The molecular weight excluding hydrogens is 436 g/mol. The van der Waals surface area contributed by atoms with Gasteiger partial charge >= 0.3 is 0 Å². The molecule has 0 unspecified atom stereocenters. The van der Waals surface area contributed by atoms with E-state index in [-0.39, 0.29) is 5.91 Å². The Balaban J connectivity index is 1.63. The smallest absolute Gasteiger partial charge is 0.228 e. The molecule has 0 aliphatic rings. The van der Waals surface area contributed by atoms with Crippen LogP contribution in [-0.4, -0.2) is 39.4 Å². The first-order chi connectivity index (χ1) is 15.4. The van der Waals surface area contributed by atoms with Crippen LogP contribution in [0.25, 0.3) is 16.9 Å². The monoisotopic (exact) mass is 462 g/mol. The molecule has 164 valence electrons. The lowest BCUT2D eigenvalue weighted by atomic mass is 10.1. The molecule has 0 saturated heterocycles. The zero-order valence-corrected chi connectivity index (χ0v) is 20.3. The molecule has 0 aliphatic carbocycles. The van der Waals surface area contributed by atoms with Crippen LogP contribution in [0.2, 0.25) is 0 Å². The van der Waals surface area contributed by atoms with Crippen molar-refractivity contribution in [2.24, 2.45) is 0 Å². The summed E-state index contributed by atoms with van der Waals surface area (Å²) >= 11 is 3.20. The zero-order chi connectivity index (χ0) is 22.7. The molecule has 1 amide bonds. The summed E-state index contributed by atoms with van der Waals surface area (Å²) in [7, 11) is 3.54. The van der Waals surface area contributed by atoms with E-state index < -0.39 is 0 Å². The number of imidazole rings is 1. The van der Waals surface area contributed by atoms with Crippen molar-refractivity contribution in [3.05, 3.63) is 81.9 Å². The van der Waals surface area contributed by atoms with Crippen LogP contribution >= 0.6 is 23.1 Å². The van der Waals surface area contributed by atoms with Crippen LogP contribution in [0.1, 0.15) is 21.8 Å². The molecule has 5 nitrogen and oxygen atoms in total. The van der Waals surface area contributed by atoms with Crippen LogP contribution in [0, 0.1) is 13.8 Å². The SMILES string of the molecule is Cc1cc(C)cc(-n2c(-c3ccccc3)cnc2SCc2csc(CC(=O)N(C)C)n2)c1. The van der Waals surface area contributed by atoms with E-state index in [1.165, 1.54) is 22.5 Å². The van der Waals surface area contributed by atoms with Gasteiger partial charge in [-0.3, -0.25) is 9.36 Å². The van der Waals surface area contributed by atoms with Gasteiger partial charge in [0.25, 0.3) is 0 Å². The Kier molecular flexibility index (Phi) is 6.77. The van der Waals surface area contributed by atoms with E-state index in [1.54, 1.807) is 30.8 Å². The van der Waals surface area contributed by atoms with Gasteiger partial charge < -0.3 is 4.90 Å². The van der Waals surface area contributed by atoms with E-state index in [2.05, 4.69) is 53.7 Å². The first-order valence-corrected chi connectivity index (χ1v) is 12.3. The summed E-state index contributed by atoms with van der Waals surface area (Å²) in [4.78, 5) is 23.0. The Morgan fingerprint density at radius 2 is 1.81 bits per heavy atom. The van der Waals surface area contributed by atoms with E-state index in [0.717, 1.165) is 32.8 Å². The highest BCUT2D eigenvalue weighted by Crippen LogP contribution is 2.32. The van der Waals surface area contributed by atoms with E-state index in [0.29, 0.717) is 12.2 Å². The van der Waals surface area contributed by atoms with Crippen LogP contribution in [0.5, 0.6) is 0 Å². The molecule has 0 bridgehead atoms. The quantitative estimate of drug-likeness (QED) is 0.339. The molecule has 7 heteroatoms. The molecule has 0 radical (unpaired) electrons. The van der Waals surface area contributed by atoms with Gasteiger partial charge in [-0.15, -0.1) is 11.3 Å². The molecule has 4 rings (SSSR count). The number of rotatable bonds is 7. The second-order valence-electron chi connectivity index (χ2n) is 7.96. The van der Waals surface area contributed by atoms with E-state index in [1.807, 2.05) is 29.8 Å². The topological polar surface area (TPSA) is 51.0 Å². The van der Waals surface area contributed by atoms with Crippen molar-refractivity contribution < 1.29 is 4.79 Å². The normalized spacial score (nSPS) is 11.0. The minimum Gasteiger partial charge on any atom is -0.348 e. The van der Waals surface area contributed by atoms with Crippen molar-refractivity contribution in [2.75, 3.05) is 14.1 Å². The van der Waals surface area contributed by atoms with Gasteiger partial charge in [-0.05, 0) is 37.1 Å². The van der Waals surface area contributed by atoms with Crippen molar-refractivity contribution in [1.82, 2.24) is 19.4 Å². The largest absolute Gasteiger partial charge is 0.348 e. The molecule has 0 atom stereocenters. The summed E-state index contributed by atoms with van der Waals surface area (Å²) in [5, 5.41) is 3.81. The van der Waals surface area contributed by atoms with Crippen molar-refractivity contribution in [2.45, 2.75) is 31.2 Å². The van der Waals surface area contributed by atoms with Crippen molar-refractivity contribution in [3.63, 3.8) is 0 Å². The molecule has 0 spiro atoms. The van der Waals surface area contributed by atoms with Gasteiger partial charge in [0.1, 0.15) is 5.01 Å². The van der Waals surface area contributed by atoms with Gasteiger partial charge in [-0.2, -0.15) is 0 Å². The fraction of sp³-hybridized carbons (Fsp3) is 0.240. The van der Waals surface area contributed by atoms with E-state index in [9.17, 15) is 4.79 Å². The average molecular weight is 463 g/mol. The predicted octanol–water partition coefficient (Wildman–Crippen LogP) is 5.54. The van der Waals surface area contributed by atoms with Crippen LogP contribution in [-0.2, 0) is 17.0 Å². The van der Waals surface area contributed by atoms with Gasteiger partial charge in [0.2, 0.25) is 5.91 Å². The number of amides is 1. The maximum Gasteiger partial charge on any atom is 0.228 e. The highest BCUT2D eigenvalue weighted by Gasteiger charge is 2.16. The van der Waals surface area contributed by atoms with E-state index in [4.69, 9.17) is 4.98 Å². The number of thiazole rings is 1. The number of hydrogen-bond donors (Lipinski definition) is 0. The Morgan fingerprint density at radius 3 is 2.50 bits per heavy atom. The average Bonchev–Trinajstić information content (AvgIpc) is 3.38. The molecule has 4 aromatic rings. The Morgan fingerprint density at radius 1 is 1.09 bits per heavy atom. The van der Waals surface area contributed by atoms with Gasteiger partial charge in [-0.1, -0.05) is 48.2 Å². The number of thioether (sulfide) groups is 1. The summed E-state index contributed by atoms with van der Waals surface area (Å²) in [5.74, 6) is 0.763. The molecule has 0 saturated carbocycles. The summed E-state index contributed by atoms with van der Waals surface area (Å²) in [5.41, 5.74) is 6.71. The Hall–Kier alpha value is -2.90. The predicted molar refractivity (Wildman–Crippen MR) is 133 cm³/mol. The van der Waals surface area contributed by atoms with Gasteiger partial charge in [0.05, 0.1) is 24.0 Å². The lowest BCUT2D eigenvalue weighted by molar-refractivity contribution is -0.127. The second-order valence-corrected chi connectivity index (χ2v) is 9.84. The highest BCUT2D eigenvalue weighted by molar-refractivity contribution is 7.98. The minimum atomic E-state index is 0.0661. The number of aryl methyl sites for hydroxylation is 2. The molecular formula is C25H26N4OS2. The molecule has 32 heavy (non-hydrogen) atoms. The molecule has 2 heterocycles. The molecule has 2 aromatic carbocycles. The number of aromatic nitrogens is 3. The number of likely N-dealkylation sites (N-methyl/N-ethyl adjacent to an activating group) is 1. The molecule has 0 N–H and O–H groups in total. The standard InChI is InChI=1S/C25H26N4OS2/c1-17-10-18(2)12-21(11-17)29-22(19-8-6-5-7-9-19)14-26-25(29)32-16-20-15-31-23(27-20)13-24(30)28(3)4/h5-12,14-15H,13,16H2,1-4H3. The first kappa shape index (κ1) is 22.3. The molecule has 2 aromatic heterocycles. The highest BCUT2D eigenvalue weighted by atomic mass is 32.2. The summed E-state index contributed by atoms with van der Waals surface area (Å²) in [6.07, 6.45) is 2.29. The third-order valence-corrected chi connectivity index (χ3v) is 6.90. The van der Waals surface area contributed by atoms with Crippen LogP contribution in [0.15, 0.2) is 65.3 Å². The number of benzene rings is 2. The van der Waals surface area contributed by atoms with Crippen LogP contribution in [0.4, 0.5) is 0 Å². The maximum atomic E-state index is 12.0. The fourth-order valence-electron chi connectivity index (χ4n) is 3.50. The summed E-state index contributed by atoms with van der Waals surface area (Å²) < 4.78 is 2.23. The van der Waals surface area contributed by atoms with E-state index >= 15 is 0 Å². The van der Waals surface area contributed by atoms with Crippen LogP contribution < -0.4 is 0 Å². The van der Waals surface area contributed by atoms with Crippen molar-refractivity contribution in [3.8, 4) is 16.9 Å². The Bertz CT molecular complexity index is 1210. The van der Waals surface area contributed by atoms with Gasteiger partial charge in [0.15, 0.2) is 5.16 Å². The zero-order valence-electron chi connectivity index (χ0n) is 18.7. The van der Waals surface area contributed by atoms with Gasteiger partial charge in [-0.25, -0.2) is 9.97 Å². The minimum absolute atomic E-state index is 0.0661. The fourth-order valence-corrected chi connectivity index (χ4v) is 5.28. The maximum absolute atomic E-state index is 12.0.